The zero-order chi connectivity index (χ0) is 14.5. The van der Waals surface area contributed by atoms with Crippen molar-refractivity contribution >= 4 is 11.8 Å². The summed E-state index contributed by atoms with van der Waals surface area (Å²) in [6.07, 6.45) is 3.87. The van der Waals surface area contributed by atoms with Crippen molar-refractivity contribution in [1.82, 2.24) is 20.5 Å². The van der Waals surface area contributed by atoms with E-state index in [1.807, 2.05) is 0 Å². The maximum Gasteiger partial charge on any atom is 0.277 e. The maximum absolute atomic E-state index is 12.0. The lowest BCUT2D eigenvalue weighted by Gasteiger charge is -2.24. The molecule has 2 amide bonds. The molecule has 0 spiro atoms. The number of amides is 2. The van der Waals surface area contributed by atoms with Crippen molar-refractivity contribution < 1.29 is 14.2 Å². The van der Waals surface area contributed by atoms with E-state index in [4.69, 9.17) is 0 Å². The second-order valence-electron chi connectivity index (χ2n) is 5.20. The first-order valence-corrected chi connectivity index (χ1v) is 6.92. The minimum Gasteiger partial charge on any atom is -0.356 e. The molecule has 0 aliphatic heterocycles. The summed E-state index contributed by atoms with van der Waals surface area (Å²) in [4.78, 5) is 25.2. The molecule has 0 bridgehead atoms. The minimum absolute atomic E-state index is 0.141. The first-order chi connectivity index (χ1) is 9.59. The standard InChI is InChI=1S/C13H20N4O3/c1-9-11(16-20-15-9)13(19)17(2)8-4-7-14-12(18)10-5-3-6-10/h10H,3-8H2,1-2H3,(H,14,18). The van der Waals surface area contributed by atoms with Gasteiger partial charge in [-0.2, -0.15) is 0 Å². The first kappa shape index (κ1) is 14.5. The molecule has 0 saturated heterocycles. The summed E-state index contributed by atoms with van der Waals surface area (Å²) >= 11 is 0. The van der Waals surface area contributed by atoms with Crippen LogP contribution in [0.1, 0.15) is 41.9 Å². The van der Waals surface area contributed by atoms with Gasteiger partial charge in [0, 0.05) is 26.1 Å². The van der Waals surface area contributed by atoms with E-state index in [-0.39, 0.29) is 23.4 Å². The highest BCUT2D eigenvalue weighted by atomic mass is 16.6. The van der Waals surface area contributed by atoms with Gasteiger partial charge < -0.3 is 10.2 Å². The topological polar surface area (TPSA) is 88.3 Å². The second kappa shape index (κ2) is 6.49. The highest BCUT2D eigenvalue weighted by Gasteiger charge is 2.24. The first-order valence-electron chi connectivity index (χ1n) is 6.92. The molecule has 2 rings (SSSR count). The van der Waals surface area contributed by atoms with E-state index in [0.717, 1.165) is 19.3 Å². The smallest absolute Gasteiger partial charge is 0.277 e. The van der Waals surface area contributed by atoms with Gasteiger partial charge in [-0.05, 0) is 31.3 Å². The van der Waals surface area contributed by atoms with Gasteiger partial charge in [-0.1, -0.05) is 11.6 Å². The molecule has 1 aliphatic rings. The van der Waals surface area contributed by atoms with Crippen LogP contribution in [0.15, 0.2) is 4.63 Å². The van der Waals surface area contributed by atoms with Crippen LogP contribution in [0.2, 0.25) is 0 Å². The molecule has 7 heteroatoms. The zero-order valence-corrected chi connectivity index (χ0v) is 11.9. The van der Waals surface area contributed by atoms with Crippen LogP contribution in [0.5, 0.6) is 0 Å². The zero-order valence-electron chi connectivity index (χ0n) is 11.9. The van der Waals surface area contributed by atoms with Crippen LogP contribution in [-0.2, 0) is 4.79 Å². The molecule has 0 aromatic carbocycles. The van der Waals surface area contributed by atoms with Crippen LogP contribution in [0.25, 0.3) is 0 Å². The molecular formula is C13H20N4O3. The Hall–Kier alpha value is -1.92. The lowest BCUT2D eigenvalue weighted by molar-refractivity contribution is -0.127. The lowest BCUT2D eigenvalue weighted by Crippen LogP contribution is -2.36. The van der Waals surface area contributed by atoms with E-state index < -0.39 is 0 Å². The number of carbonyl (C=O) groups is 2. The maximum atomic E-state index is 12.0. The Bertz CT molecular complexity index is 482. The molecule has 0 atom stereocenters. The lowest BCUT2D eigenvalue weighted by atomic mass is 9.85. The number of nitrogens with one attached hydrogen (secondary N) is 1. The van der Waals surface area contributed by atoms with Crippen molar-refractivity contribution in [2.45, 2.75) is 32.6 Å². The van der Waals surface area contributed by atoms with Gasteiger partial charge in [0.25, 0.3) is 5.91 Å². The molecule has 0 unspecified atom stereocenters. The quantitative estimate of drug-likeness (QED) is 0.777. The molecule has 20 heavy (non-hydrogen) atoms. The number of carbonyl (C=O) groups excluding carboxylic acids is 2. The van der Waals surface area contributed by atoms with Crippen LogP contribution >= 0.6 is 0 Å². The average Bonchev–Trinajstić information content (AvgIpc) is 2.77. The summed E-state index contributed by atoms with van der Waals surface area (Å²) in [5, 5.41) is 10.1. The Kier molecular flexibility index (Phi) is 4.70. The molecule has 1 aromatic rings. The van der Waals surface area contributed by atoms with Crippen LogP contribution in [0.4, 0.5) is 0 Å². The van der Waals surface area contributed by atoms with E-state index in [1.54, 1.807) is 18.9 Å². The highest BCUT2D eigenvalue weighted by molar-refractivity contribution is 5.92. The molecule has 1 fully saturated rings. The molecular weight excluding hydrogens is 260 g/mol. The van der Waals surface area contributed by atoms with E-state index in [9.17, 15) is 9.59 Å². The predicted octanol–water partition coefficient (Wildman–Crippen LogP) is 0.756. The Morgan fingerprint density at radius 1 is 1.40 bits per heavy atom. The molecule has 1 N–H and O–H groups in total. The van der Waals surface area contributed by atoms with Crippen LogP contribution in [-0.4, -0.2) is 47.2 Å². The number of nitrogens with zero attached hydrogens (tertiary/aromatic N) is 3. The van der Waals surface area contributed by atoms with Crippen molar-refractivity contribution in [2.75, 3.05) is 20.1 Å². The molecule has 110 valence electrons. The number of aromatic nitrogens is 2. The van der Waals surface area contributed by atoms with Crippen LogP contribution in [0.3, 0.4) is 0 Å². The number of hydrogen-bond acceptors (Lipinski definition) is 5. The number of rotatable bonds is 6. The number of hydrogen-bond donors (Lipinski definition) is 1. The third-order valence-corrected chi connectivity index (χ3v) is 3.65. The summed E-state index contributed by atoms with van der Waals surface area (Å²) in [6, 6.07) is 0. The van der Waals surface area contributed by atoms with Gasteiger partial charge in [0.05, 0.1) is 0 Å². The predicted molar refractivity (Wildman–Crippen MR) is 71.0 cm³/mol. The molecule has 1 aromatic heterocycles. The van der Waals surface area contributed by atoms with Crippen molar-refractivity contribution in [3.05, 3.63) is 11.4 Å². The molecule has 7 nitrogen and oxygen atoms in total. The number of aryl methyl sites for hydroxylation is 1. The van der Waals surface area contributed by atoms with E-state index in [2.05, 4.69) is 20.3 Å². The Balaban J connectivity index is 1.67. The Morgan fingerprint density at radius 3 is 2.70 bits per heavy atom. The van der Waals surface area contributed by atoms with Crippen molar-refractivity contribution in [3.8, 4) is 0 Å². The van der Waals surface area contributed by atoms with E-state index in [0.29, 0.717) is 25.2 Å². The molecule has 1 saturated carbocycles. The largest absolute Gasteiger partial charge is 0.356 e. The normalized spacial score (nSPS) is 14.7. The van der Waals surface area contributed by atoms with Crippen molar-refractivity contribution in [1.29, 1.82) is 0 Å². The van der Waals surface area contributed by atoms with Crippen molar-refractivity contribution in [2.24, 2.45) is 5.92 Å². The SMILES string of the molecule is Cc1nonc1C(=O)N(C)CCCNC(=O)C1CCC1. The molecule has 1 heterocycles. The average molecular weight is 280 g/mol. The third kappa shape index (κ3) is 3.34. The fourth-order valence-electron chi connectivity index (χ4n) is 2.05. The van der Waals surface area contributed by atoms with Gasteiger partial charge in [-0.3, -0.25) is 9.59 Å². The van der Waals surface area contributed by atoms with E-state index >= 15 is 0 Å². The fraction of sp³-hybridized carbons (Fsp3) is 0.692. The second-order valence-corrected chi connectivity index (χ2v) is 5.20. The summed E-state index contributed by atoms with van der Waals surface area (Å²) in [5.41, 5.74) is 0.728. The van der Waals surface area contributed by atoms with Gasteiger partial charge in [0.1, 0.15) is 5.69 Å². The van der Waals surface area contributed by atoms with Crippen LogP contribution in [0, 0.1) is 12.8 Å². The summed E-state index contributed by atoms with van der Waals surface area (Å²) in [6.45, 7) is 2.81. The van der Waals surface area contributed by atoms with Gasteiger partial charge >= 0.3 is 0 Å². The van der Waals surface area contributed by atoms with Gasteiger partial charge in [-0.15, -0.1) is 0 Å². The highest BCUT2D eigenvalue weighted by Crippen LogP contribution is 2.26. The molecule has 0 radical (unpaired) electrons. The Labute approximate surface area is 117 Å². The summed E-state index contributed by atoms with van der Waals surface area (Å²) in [5.74, 6) is 0.133. The monoisotopic (exact) mass is 280 g/mol. The fourth-order valence-corrected chi connectivity index (χ4v) is 2.05. The summed E-state index contributed by atoms with van der Waals surface area (Å²) < 4.78 is 4.51. The van der Waals surface area contributed by atoms with E-state index in [1.165, 1.54) is 0 Å². The van der Waals surface area contributed by atoms with Gasteiger partial charge in [0.2, 0.25) is 5.91 Å². The minimum atomic E-state index is -0.214. The van der Waals surface area contributed by atoms with Gasteiger partial charge in [0.15, 0.2) is 5.69 Å². The van der Waals surface area contributed by atoms with Gasteiger partial charge in [-0.25, -0.2) is 4.63 Å². The van der Waals surface area contributed by atoms with Crippen molar-refractivity contribution in [3.63, 3.8) is 0 Å². The third-order valence-electron chi connectivity index (χ3n) is 3.65. The Morgan fingerprint density at radius 2 is 2.15 bits per heavy atom. The molecule has 1 aliphatic carbocycles. The summed E-state index contributed by atoms with van der Waals surface area (Å²) in [7, 11) is 1.70. The van der Waals surface area contributed by atoms with Crippen LogP contribution < -0.4 is 5.32 Å².